The van der Waals surface area contributed by atoms with Crippen LogP contribution in [0.3, 0.4) is 0 Å². The molecule has 1 N–H and O–H groups in total. The van der Waals surface area contributed by atoms with Gasteiger partial charge in [0.25, 0.3) is 5.91 Å². The summed E-state index contributed by atoms with van der Waals surface area (Å²) in [4.78, 5) is 12.3. The smallest absolute Gasteiger partial charge is 0.290 e. The Kier molecular flexibility index (Phi) is 2.38. The van der Waals surface area contributed by atoms with E-state index in [1.807, 2.05) is 12.3 Å². The molecule has 0 radical (unpaired) electrons. The summed E-state index contributed by atoms with van der Waals surface area (Å²) in [6.07, 6.45) is 0.565. The minimum Gasteiger partial charge on any atom is -0.464 e. The van der Waals surface area contributed by atoms with E-state index in [2.05, 4.69) is 21.2 Å². The van der Waals surface area contributed by atoms with Gasteiger partial charge in [0, 0.05) is 15.8 Å². The van der Waals surface area contributed by atoms with Crippen LogP contribution in [-0.2, 0) is 9.53 Å². The van der Waals surface area contributed by atoms with Crippen molar-refractivity contribution in [2.45, 2.75) is 19.6 Å². The fourth-order valence-electron chi connectivity index (χ4n) is 1.21. The first-order chi connectivity index (χ1) is 6.16. The van der Waals surface area contributed by atoms with Crippen molar-refractivity contribution >= 4 is 33.6 Å². The molecule has 2 heterocycles. The molecule has 0 spiro atoms. The van der Waals surface area contributed by atoms with Crippen molar-refractivity contribution in [3.8, 4) is 0 Å². The van der Waals surface area contributed by atoms with Crippen LogP contribution < -0.4 is 5.32 Å². The molecule has 1 fully saturated rings. The van der Waals surface area contributed by atoms with Crippen molar-refractivity contribution in [1.29, 1.82) is 0 Å². The number of halogens is 1. The van der Waals surface area contributed by atoms with Gasteiger partial charge in [0.1, 0.15) is 0 Å². The Labute approximate surface area is 88.7 Å². The number of carbonyl (C=O) groups is 1. The second kappa shape index (κ2) is 3.38. The molecule has 2 aliphatic rings. The Morgan fingerprint density at radius 3 is 3.00 bits per heavy atom. The molecule has 0 aliphatic carbocycles. The van der Waals surface area contributed by atoms with E-state index >= 15 is 0 Å². The van der Waals surface area contributed by atoms with Crippen LogP contribution in [-0.4, -0.2) is 12.1 Å². The van der Waals surface area contributed by atoms with Gasteiger partial charge in [0.15, 0.2) is 12.0 Å². The summed E-state index contributed by atoms with van der Waals surface area (Å²) in [6, 6.07) is 0. The Morgan fingerprint density at radius 2 is 2.54 bits per heavy atom. The van der Waals surface area contributed by atoms with Gasteiger partial charge in [-0.25, -0.2) is 0 Å². The quantitative estimate of drug-likeness (QED) is 0.679. The Bertz CT molecular complexity index is 324. The van der Waals surface area contributed by atoms with Crippen molar-refractivity contribution in [3.63, 3.8) is 0 Å². The van der Waals surface area contributed by atoms with Crippen LogP contribution in [0.1, 0.15) is 13.3 Å². The van der Waals surface area contributed by atoms with Crippen molar-refractivity contribution in [1.82, 2.24) is 5.32 Å². The number of hydrogen-bond acceptors (Lipinski definition) is 3. The van der Waals surface area contributed by atoms with Gasteiger partial charge < -0.3 is 10.1 Å². The summed E-state index contributed by atoms with van der Waals surface area (Å²) < 4.78 is 6.44. The number of ether oxygens (including phenoxy) is 1. The van der Waals surface area contributed by atoms with Crippen molar-refractivity contribution in [3.05, 3.63) is 20.6 Å². The minimum absolute atomic E-state index is 0.106. The third kappa shape index (κ3) is 1.76. The zero-order valence-electron chi connectivity index (χ0n) is 6.96. The number of amides is 1. The molecule has 1 amide bonds. The number of nitrogens with one attached hydrogen (secondary N) is 1. The van der Waals surface area contributed by atoms with E-state index in [-0.39, 0.29) is 12.1 Å². The number of thioether (sulfide) groups is 1. The average molecular weight is 262 g/mol. The molecule has 0 bridgehead atoms. The molecule has 2 aliphatic heterocycles. The normalized spacial score (nSPS) is 32.9. The van der Waals surface area contributed by atoms with E-state index in [4.69, 9.17) is 4.74 Å². The highest BCUT2D eigenvalue weighted by Gasteiger charge is 2.29. The third-order valence-electron chi connectivity index (χ3n) is 1.75. The summed E-state index contributed by atoms with van der Waals surface area (Å²) >= 11 is 4.92. The molecule has 1 saturated heterocycles. The maximum Gasteiger partial charge on any atom is 0.290 e. The van der Waals surface area contributed by atoms with Crippen molar-refractivity contribution in [2.24, 2.45) is 0 Å². The highest BCUT2D eigenvalue weighted by Crippen LogP contribution is 2.39. The molecule has 5 heteroatoms. The zero-order chi connectivity index (χ0) is 9.42. The van der Waals surface area contributed by atoms with Crippen LogP contribution in [0, 0.1) is 0 Å². The molecule has 1 atom stereocenters. The molecule has 0 saturated carbocycles. The van der Waals surface area contributed by atoms with E-state index < -0.39 is 0 Å². The Hall–Kier alpha value is -0.420. The van der Waals surface area contributed by atoms with E-state index in [0.29, 0.717) is 5.76 Å². The Morgan fingerprint density at radius 1 is 1.77 bits per heavy atom. The van der Waals surface area contributed by atoms with Crippen molar-refractivity contribution in [2.75, 3.05) is 0 Å². The number of carbonyl (C=O) groups excluding carboxylic acids is 1. The molecule has 0 aromatic heterocycles. The largest absolute Gasteiger partial charge is 0.464 e. The fourth-order valence-corrected chi connectivity index (χ4v) is 2.79. The lowest BCUT2D eigenvalue weighted by Crippen LogP contribution is -2.22. The lowest BCUT2D eigenvalue weighted by atomic mass is 10.3. The topological polar surface area (TPSA) is 38.3 Å². The molecular formula is C8H8BrNO2S. The fraction of sp³-hybridized carbons (Fsp3) is 0.375. The lowest BCUT2D eigenvalue weighted by Gasteiger charge is -2.02. The monoisotopic (exact) mass is 261 g/mol. The molecule has 1 unspecified atom stereocenters. The van der Waals surface area contributed by atoms with Crippen LogP contribution in [0.2, 0.25) is 0 Å². The maximum atomic E-state index is 11.3. The SMILES string of the molecule is CC1NC(=O)C(=C2CC(Br)=CS2)O1. The van der Waals surface area contributed by atoms with Crippen LogP contribution in [0.5, 0.6) is 0 Å². The summed E-state index contributed by atoms with van der Waals surface area (Å²) in [6.45, 7) is 1.81. The van der Waals surface area contributed by atoms with E-state index in [1.165, 1.54) is 11.8 Å². The summed E-state index contributed by atoms with van der Waals surface area (Å²) in [5.41, 5.74) is 0. The molecule has 70 valence electrons. The van der Waals surface area contributed by atoms with Crippen LogP contribution in [0.4, 0.5) is 0 Å². The molecule has 0 aromatic carbocycles. The third-order valence-corrected chi connectivity index (χ3v) is 3.58. The van der Waals surface area contributed by atoms with Gasteiger partial charge in [0.2, 0.25) is 0 Å². The predicted octanol–water partition coefficient (Wildman–Crippen LogP) is 2.06. The van der Waals surface area contributed by atoms with Gasteiger partial charge >= 0.3 is 0 Å². The maximum absolute atomic E-state index is 11.3. The van der Waals surface area contributed by atoms with Gasteiger partial charge in [0.05, 0.1) is 0 Å². The first kappa shape index (κ1) is 9.15. The van der Waals surface area contributed by atoms with Gasteiger partial charge in [-0.15, -0.1) is 0 Å². The van der Waals surface area contributed by atoms with Gasteiger partial charge in [-0.2, -0.15) is 0 Å². The minimum atomic E-state index is -0.199. The molecule has 3 nitrogen and oxygen atoms in total. The molecule has 0 aromatic rings. The molecular weight excluding hydrogens is 254 g/mol. The number of hydrogen-bond donors (Lipinski definition) is 1. The van der Waals surface area contributed by atoms with Gasteiger partial charge in [-0.1, -0.05) is 27.7 Å². The standard InChI is InChI=1S/C8H8BrNO2S/c1-4-10-8(11)7(12-4)6-2-5(9)3-13-6/h3-4H,2H2,1H3,(H,10,11). The van der Waals surface area contributed by atoms with E-state index in [9.17, 15) is 4.79 Å². The first-order valence-electron chi connectivity index (χ1n) is 3.88. The van der Waals surface area contributed by atoms with Crippen molar-refractivity contribution < 1.29 is 9.53 Å². The molecule has 13 heavy (non-hydrogen) atoms. The number of rotatable bonds is 0. The van der Waals surface area contributed by atoms with E-state index in [1.54, 1.807) is 0 Å². The van der Waals surface area contributed by atoms with Crippen LogP contribution in [0.25, 0.3) is 0 Å². The highest BCUT2D eigenvalue weighted by atomic mass is 79.9. The number of allylic oxidation sites excluding steroid dienone is 2. The second-order valence-electron chi connectivity index (χ2n) is 2.85. The molecule has 2 rings (SSSR count). The first-order valence-corrected chi connectivity index (χ1v) is 5.56. The second-order valence-corrected chi connectivity index (χ2v) is 4.83. The average Bonchev–Trinajstić information content (AvgIpc) is 2.58. The van der Waals surface area contributed by atoms with Crippen LogP contribution in [0.15, 0.2) is 20.6 Å². The van der Waals surface area contributed by atoms with E-state index in [0.717, 1.165) is 15.8 Å². The van der Waals surface area contributed by atoms with Gasteiger partial charge in [-0.05, 0) is 12.3 Å². The summed E-state index contributed by atoms with van der Waals surface area (Å²) in [7, 11) is 0. The lowest BCUT2D eigenvalue weighted by molar-refractivity contribution is -0.116. The zero-order valence-corrected chi connectivity index (χ0v) is 9.37. The van der Waals surface area contributed by atoms with Crippen LogP contribution >= 0.6 is 27.7 Å². The summed E-state index contributed by atoms with van der Waals surface area (Å²) in [5, 5.41) is 4.66. The predicted molar refractivity (Wildman–Crippen MR) is 54.9 cm³/mol. The van der Waals surface area contributed by atoms with Gasteiger partial charge in [-0.3, -0.25) is 4.79 Å². The highest BCUT2D eigenvalue weighted by molar-refractivity contribution is 9.11. The summed E-state index contributed by atoms with van der Waals surface area (Å²) in [5.74, 6) is 0.369. The Balaban J connectivity index is 2.21.